The molecule has 0 radical (unpaired) electrons. The zero-order chi connectivity index (χ0) is 21.1. The summed E-state index contributed by atoms with van der Waals surface area (Å²) < 4.78 is 26.5. The molecule has 4 aromatic carbocycles. The van der Waals surface area contributed by atoms with Crippen LogP contribution in [0.25, 0.3) is 22.3 Å². The fourth-order valence-corrected chi connectivity index (χ4v) is 3.90. The maximum Gasteiger partial charge on any atom is 0.447 e. The summed E-state index contributed by atoms with van der Waals surface area (Å²) in [5.41, 5.74) is 4.49. The predicted octanol–water partition coefficient (Wildman–Crippen LogP) is 4.14. The summed E-state index contributed by atoms with van der Waals surface area (Å²) in [6.07, 6.45) is -1.17. The Labute approximate surface area is 174 Å². The molecule has 7 heteroatoms. The normalized spacial score (nSPS) is 11.2. The summed E-state index contributed by atoms with van der Waals surface area (Å²) in [5, 5.41) is 4.42. The van der Waals surface area contributed by atoms with E-state index in [1.807, 2.05) is 72.3 Å². The summed E-state index contributed by atoms with van der Waals surface area (Å²) in [5.74, 6) is 0. The molecule has 150 valence electrons. The number of amides is 1. The molecule has 0 heterocycles. The second-order valence-corrected chi connectivity index (χ2v) is 8.40. The molecule has 0 saturated heterocycles. The lowest BCUT2D eigenvalue weighted by Gasteiger charge is -2.04. The summed E-state index contributed by atoms with van der Waals surface area (Å²) in [7, 11) is -4.04. The van der Waals surface area contributed by atoms with Crippen LogP contribution in [0.1, 0.15) is 5.56 Å². The number of nitrogens with zero attached hydrogens (tertiary/aromatic N) is 1. The highest BCUT2D eigenvalue weighted by molar-refractivity contribution is 7.90. The van der Waals surface area contributed by atoms with Gasteiger partial charge in [0.1, 0.15) is 5.36 Å². The minimum absolute atomic E-state index is 0.0304. The van der Waals surface area contributed by atoms with E-state index in [9.17, 15) is 13.2 Å². The smallest absolute Gasteiger partial charge is 0.297 e. The van der Waals surface area contributed by atoms with Gasteiger partial charge in [-0.15, -0.1) is 0 Å². The van der Waals surface area contributed by atoms with Crippen LogP contribution in [0.3, 0.4) is 0 Å². The first-order valence-electron chi connectivity index (χ1n) is 9.20. The van der Waals surface area contributed by atoms with Gasteiger partial charge in [-0.3, -0.25) is 4.84 Å². The summed E-state index contributed by atoms with van der Waals surface area (Å²) in [6.45, 7) is 1.84. The second-order valence-electron chi connectivity index (χ2n) is 6.72. The molecule has 0 fully saturated rings. The van der Waals surface area contributed by atoms with Crippen molar-refractivity contribution in [3.8, 4) is 22.3 Å². The van der Waals surface area contributed by atoms with Crippen molar-refractivity contribution in [3.63, 3.8) is 0 Å². The van der Waals surface area contributed by atoms with E-state index >= 15 is 0 Å². The largest absolute Gasteiger partial charge is 0.447 e. The molecule has 0 aromatic heterocycles. The predicted molar refractivity (Wildman–Crippen MR) is 113 cm³/mol. The maximum atomic E-state index is 12.3. The Morgan fingerprint density at radius 1 is 0.800 bits per heavy atom. The Hall–Kier alpha value is -3.71. The Morgan fingerprint density at radius 2 is 1.30 bits per heavy atom. The summed E-state index contributed by atoms with van der Waals surface area (Å²) >= 11 is 0. The third-order valence-corrected chi connectivity index (χ3v) is 5.88. The SMILES string of the molecule is Cc1ccc(S(=O)(=O)NC(=O)ON=c2c(-c3ccccc3)c2-c2ccccc2)cc1. The minimum atomic E-state index is -4.04. The first-order valence-corrected chi connectivity index (χ1v) is 10.7. The van der Waals surface area contributed by atoms with Crippen LogP contribution in [-0.4, -0.2) is 14.5 Å². The Balaban J connectivity index is 1.57. The number of aryl methyl sites for hydroxylation is 1. The molecule has 30 heavy (non-hydrogen) atoms. The molecule has 4 rings (SSSR count). The van der Waals surface area contributed by atoms with Crippen molar-refractivity contribution in [3.05, 3.63) is 95.8 Å². The van der Waals surface area contributed by atoms with Crippen LogP contribution in [0.5, 0.6) is 0 Å². The van der Waals surface area contributed by atoms with Gasteiger partial charge in [-0.05, 0) is 30.2 Å². The zero-order valence-corrected chi connectivity index (χ0v) is 16.9. The van der Waals surface area contributed by atoms with Crippen LogP contribution in [0.4, 0.5) is 4.79 Å². The molecular formula is C23H18N2O4S. The number of rotatable bonds is 5. The Bertz CT molecular complexity index is 1250. The van der Waals surface area contributed by atoms with Gasteiger partial charge in [0.2, 0.25) is 0 Å². The first-order chi connectivity index (χ1) is 14.5. The Morgan fingerprint density at radius 3 is 1.80 bits per heavy atom. The first kappa shape index (κ1) is 19.6. The number of nitrogens with one attached hydrogen (secondary N) is 1. The van der Waals surface area contributed by atoms with Crippen molar-refractivity contribution >= 4 is 16.1 Å². The number of carbonyl (C=O) groups is 1. The van der Waals surface area contributed by atoms with E-state index in [4.69, 9.17) is 4.84 Å². The molecule has 0 atom stereocenters. The topological polar surface area (TPSA) is 84.8 Å². The van der Waals surface area contributed by atoms with Crippen LogP contribution in [0.15, 0.2) is 95.0 Å². The molecule has 1 N–H and O–H groups in total. The average molecular weight is 418 g/mol. The summed E-state index contributed by atoms with van der Waals surface area (Å²) in [4.78, 5) is 16.9. The summed E-state index contributed by atoms with van der Waals surface area (Å²) in [6, 6.07) is 25.3. The van der Waals surface area contributed by atoms with Gasteiger partial charge in [0, 0.05) is 11.1 Å². The number of hydrogen-bond acceptors (Lipinski definition) is 5. The monoisotopic (exact) mass is 418 g/mol. The van der Waals surface area contributed by atoms with E-state index in [-0.39, 0.29) is 4.90 Å². The molecule has 1 amide bonds. The van der Waals surface area contributed by atoms with Gasteiger partial charge in [0.25, 0.3) is 10.0 Å². The lowest BCUT2D eigenvalue weighted by atomic mass is 10.1. The van der Waals surface area contributed by atoms with Crippen LogP contribution in [0.2, 0.25) is 0 Å². The van der Waals surface area contributed by atoms with Crippen molar-refractivity contribution in [1.29, 1.82) is 0 Å². The van der Waals surface area contributed by atoms with Crippen LogP contribution in [-0.2, 0) is 14.9 Å². The van der Waals surface area contributed by atoms with E-state index in [2.05, 4.69) is 5.16 Å². The van der Waals surface area contributed by atoms with Crippen LogP contribution >= 0.6 is 0 Å². The van der Waals surface area contributed by atoms with E-state index < -0.39 is 16.1 Å². The third-order valence-electron chi connectivity index (χ3n) is 4.55. The standard InChI is InChI=1S/C23H18N2O4S/c1-16-12-14-19(15-13-16)30(27,28)25-23(26)29-24-22-20(17-8-4-2-5-9-17)21(22)18-10-6-3-7-11-18/h2-15H,1H3,(H,25,26). The number of benzene rings is 3. The Kier molecular flexibility index (Phi) is 5.20. The van der Waals surface area contributed by atoms with Gasteiger partial charge in [0.15, 0.2) is 0 Å². The fraction of sp³-hybridized carbons (Fsp3) is 0.0435. The van der Waals surface area contributed by atoms with Gasteiger partial charge >= 0.3 is 6.09 Å². The average Bonchev–Trinajstić information content (AvgIpc) is 3.48. The van der Waals surface area contributed by atoms with Crippen molar-refractivity contribution in [2.75, 3.05) is 0 Å². The van der Waals surface area contributed by atoms with Crippen molar-refractivity contribution in [2.45, 2.75) is 11.8 Å². The highest BCUT2D eigenvalue weighted by Gasteiger charge is 2.25. The van der Waals surface area contributed by atoms with E-state index in [1.54, 1.807) is 12.1 Å². The molecule has 0 saturated carbocycles. The molecular weight excluding hydrogens is 400 g/mol. The lowest BCUT2D eigenvalue weighted by molar-refractivity contribution is 0.153. The van der Waals surface area contributed by atoms with Gasteiger partial charge < -0.3 is 0 Å². The zero-order valence-electron chi connectivity index (χ0n) is 16.1. The molecule has 0 unspecified atom stereocenters. The van der Waals surface area contributed by atoms with Crippen molar-refractivity contribution < 1.29 is 18.0 Å². The lowest BCUT2D eigenvalue weighted by Crippen LogP contribution is -2.30. The molecule has 6 nitrogen and oxygen atoms in total. The molecule has 0 bridgehead atoms. The van der Waals surface area contributed by atoms with Crippen molar-refractivity contribution in [2.24, 2.45) is 5.16 Å². The van der Waals surface area contributed by atoms with E-state index in [0.29, 0.717) is 5.36 Å². The van der Waals surface area contributed by atoms with Crippen molar-refractivity contribution in [1.82, 2.24) is 4.72 Å². The quantitative estimate of drug-likeness (QED) is 0.390. The molecule has 0 aliphatic rings. The highest BCUT2D eigenvalue weighted by Crippen LogP contribution is 2.34. The van der Waals surface area contributed by atoms with E-state index in [1.165, 1.54) is 12.1 Å². The molecule has 0 aliphatic carbocycles. The number of sulfonamides is 1. The van der Waals surface area contributed by atoms with Gasteiger partial charge in [-0.1, -0.05) is 83.5 Å². The second kappa shape index (κ2) is 7.96. The molecule has 0 aliphatic heterocycles. The molecule has 4 aromatic rings. The van der Waals surface area contributed by atoms with Gasteiger partial charge in [-0.25, -0.2) is 17.9 Å². The van der Waals surface area contributed by atoms with Crippen LogP contribution < -0.4 is 10.1 Å². The fourth-order valence-electron chi connectivity index (χ4n) is 3.03. The number of hydrogen-bond donors (Lipinski definition) is 1. The van der Waals surface area contributed by atoms with Crippen LogP contribution in [0, 0.1) is 6.92 Å². The van der Waals surface area contributed by atoms with E-state index in [0.717, 1.165) is 27.8 Å². The van der Waals surface area contributed by atoms with Gasteiger partial charge in [0.05, 0.1) is 4.90 Å². The number of carbonyl (C=O) groups excluding carboxylic acids is 1. The molecule has 0 spiro atoms. The third kappa shape index (κ3) is 4.16. The highest BCUT2D eigenvalue weighted by atomic mass is 32.2. The maximum absolute atomic E-state index is 12.3. The van der Waals surface area contributed by atoms with Gasteiger partial charge in [-0.2, -0.15) is 0 Å². The minimum Gasteiger partial charge on any atom is -0.297 e.